The Morgan fingerprint density at radius 3 is 2.19 bits per heavy atom. The predicted molar refractivity (Wildman–Crippen MR) is 136 cm³/mol. The summed E-state index contributed by atoms with van der Waals surface area (Å²) in [6, 6.07) is 13.5. The van der Waals surface area contributed by atoms with Crippen LogP contribution in [0.25, 0.3) is 20.4 Å². The molecule has 0 bridgehead atoms. The second kappa shape index (κ2) is 11.1. The van der Waals surface area contributed by atoms with Gasteiger partial charge in [0.1, 0.15) is 11.0 Å². The Morgan fingerprint density at radius 2 is 1.52 bits per heavy atom. The minimum atomic E-state index is 0.812. The maximum absolute atomic E-state index is 5.52. The van der Waals surface area contributed by atoms with Crippen LogP contribution in [0.2, 0.25) is 0 Å². The number of aromatic nitrogens is 1. The lowest BCUT2D eigenvalue weighted by Gasteiger charge is -2.28. The van der Waals surface area contributed by atoms with Crippen molar-refractivity contribution in [3.63, 3.8) is 0 Å². The number of unbranched alkanes of at least 4 members (excludes halogenated alkanes) is 4. The average molecular weight is 439 g/mol. The topological polar surface area (TPSA) is 28.6 Å². The number of rotatable bonds is 10. The molecule has 0 saturated carbocycles. The van der Waals surface area contributed by atoms with E-state index in [2.05, 4.69) is 60.0 Å². The van der Waals surface area contributed by atoms with E-state index in [0.717, 1.165) is 50.4 Å². The van der Waals surface area contributed by atoms with Gasteiger partial charge in [0, 0.05) is 49.7 Å². The normalized spacial score (nSPS) is 14.5. The first-order valence-corrected chi connectivity index (χ1v) is 12.9. The van der Waals surface area contributed by atoms with E-state index in [1.165, 1.54) is 59.3 Å². The van der Waals surface area contributed by atoms with Crippen molar-refractivity contribution in [3.05, 3.63) is 36.4 Å². The van der Waals surface area contributed by atoms with Crippen molar-refractivity contribution >= 4 is 43.1 Å². The molecule has 1 aliphatic rings. The van der Waals surface area contributed by atoms with Crippen molar-refractivity contribution in [2.24, 2.45) is 0 Å². The fourth-order valence-electron chi connectivity index (χ4n) is 4.29. The molecule has 0 aliphatic carbocycles. The van der Waals surface area contributed by atoms with Gasteiger partial charge >= 0.3 is 0 Å². The van der Waals surface area contributed by atoms with E-state index in [-0.39, 0.29) is 0 Å². The van der Waals surface area contributed by atoms with E-state index in [1.54, 1.807) is 0 Å². The zero-order valence-corrected chi connectivity index (χ0v) is 19.9. The molecule has 0 N–H and O–H groups in total. The highest BCUT2D eigenvalue weighted by Crippen LogP contribution is 2.32. The molecule has 5 heteroatoms. The van der Waals surface area contributed by atoms with Gasteiger partial charge in [-0.3, -0.25) is 0 Å². The lowest BCUT2D eigenvalue weighted by atomic mass is 10.2. The van der Waals surface area contributed by atoms with Crippen LogP contribution < -0.4 is 9.80 Å². The Labute approximate surface area is 190 Å². The molecule has 0 spiro atoms. The van der Waals surface area contributed by atoms with Crippen LogP contribution in [0, 0.1) is 0 Å². The summed E-state index contributed by atoms with van der Waals surface area (Å²) in [5.41, 5.74) is 4.82. The molecule has 1 fully saturated rings. The van der Waals surface area contributed by atoms with Gasteiger partial charge in [-0.2, -0.15) is 0 Å². The van der Waals surface area contributed by atoms with Crippen LogP contribution in [0.15, 0.2) is 36.4 Å². The van der Waals surface area contributed by atoms with Crippen LogP contribution in [0.4, 0.5) is 11.4 Å². The minimum absolute atomic E-state index is 0.812. The van der Waals surface area contributed by atoms with E-state index in [9.17, 15) is 0 Å². The highest BCUT2D eigenvalue weighted by atomic mass is 32.1. The van der Waals surface area contributed by atoms with E-state index >= 15 is 0 Å². The summed E-state index contributed by atoms with van der Waals surface area (Å²) >= 11 is 1.87. The van der Waals surface area contributed by atoms with Crippen LogP contribution in [-0.2, 0) is 4.74 Å². The third-order valence-corrected chi connectivity index (χ3v) is 7.25. The summed E-state index contributed by atoms with van der Waals surface area (Å²) in [4.78, 5) is 9.97. The number of nitrogens with zero attached hydrogens (tertiary/aromatic N) is 3. The molecule has 0 unspecified atom stereocenters. The highest BCUT2D eigenvalue weighted by molar-refractivity contribution is 7.24. The number of morpholine rings is 1. The molecular weight excluding hydrogens is 402 g/mol. The van der Waals surface area contributed by atoms with Crippen LogP contribution in [-0.4, -0.2) is 44.4 Å². The van der Waals surface area contributed by atoms with Gasteiger partial charge in [-0.25, -0.2) is 4.98 Å². The SMILES string of the molecule is CCCCCN(CCCCC)c1ccc2nc3ccc(N4CCOCC4)cc3[s+]c2c1. The fourth-order valence-corrected chi connectivity index (χ4v) is 5.33. The Bertz CT molecular complexity index is 977. The monoisotopic (exact) mass is 438 g/mol. The Hall–Kier alpha value is -1.98. The third-order valence-electron chi connectivity index (χ3n) is 6.15. The largest absolute Gasteiger partial charge is 0.378 e. The van der Waals surface area contributed by atoms with Gasteiger partial charge in [-0.15, -0.1) is 0 Å². The molecular formula is C26H36N3OS+. The number of fused-ring (bicyclic) bond motifs is 2. The molecule has 4 nitrogen and oxygen atoms in total. The number of hydrogen-bond acceptors (Lipinski definition) is 4. The molecule has 4 rings (SSSR count). The van der Waals surface area contributed by atoms with Crippen molar-refractivity contribution in [1.82, 2.24) is 4.98 Å². The van der Waals surface area contributed by atoms with Crippen molar-refractivity contribution in [3.8, 4) is 0 Å². The molecule has 31 heavy (non-hydrogen) atoms. The fraction of sp³-hybridized carbons (Fsp3) is 0.538. The summed E-state index contributed by atoms with van der Waals surface area (Å²) in [6.45, 7) is 10.4. The maximum Gasteiger partial charge on any atom is 0.259 e. The number of anilines is 2. The van der Waals surface area contributed by atoms with E-state index in [1.807, 2.05) is 11.3 Å². The number of hydrogen-bond donors (Lipinski definition) is 0. The number of benzene rings is 2. The maximum atomic E-state index is 5.52. The molecule has 1 aromatic heterocycles. The summed E-state index contributed by atoms with van der Waals surface area (Å²) in [7, 11) is 0. The third kappa shape index (κ3) is 5.64. The lowest BCUT2D eigenvalue weighted by molar-refractivity contribution is 0.122. The molecule has 1 saturated heterocycles. The molecule has 0 radical (unpaired) electrons. The van der Waals surface area contributed by atoms with Gasteiger partial charge in [-0.05, 0) is 37.1 Å². The second-order valence-corrected chi connectivity index (χ2v) is 9.60. The highest BCUT2D eigenvalue weighted by Gasteiger charge is 2.18. The van der Waals surface area contributed by atoms with Gasteiger partial charge < -0.3 is 14.5 Å². The van der Waals surface area contributed by atoms with Gasteiger partial charge in [0.15, 0.2) is 0 Å². The summed E-state index contributed by atoms with van der Waals surface area (Å²) in [5, 5.41) is 0. The number of ether oxygens (including phenoxy) is 1. The van der Waals surface area contributed by atoms with Crippen molar-refractivity contribution in [2.45, 2.75) is 52.4 Å². The Kier molecular flexibility index (Phi) is 7.92. The zero-order valence-electron chi connectivity index (χ0n) is 19.1. The van der Waals surface area contributed by atoms with Gasteiger partial charge in [0.05, 0.1) is 13.2 Å². The van der Waals surface area contributed by atoms with E-state index in [0.29, 0.717) is 0 Å². The molecule has 2 aromatic carbocycles. The van der Waals surface area contributed by atoms with Gasteiger partial charge in [-0.1, -0.05) is 39.5 Å². The molecule has 0 atom stereocenters. The summed E-state index contributed by atoms with van der Waals surface area (Å²) in [6.07, 6.45) is 7.67. The first-order chi connectivity index (χ1) is 15.3. The van der Waals surface area contributed by atoms with Crippen LogP contribution >= 0.6 is 11.3 Å². The van der Waals surface area contributed by atoms with Crippen LogP contribution in [0.5, 0.6) is 0 Å². The van der Waals surface area contributed by atoms with Crippen LogP contribution in [0.3, 0.4) is 0 Å². The van der Waals surface area contributed by atoms with E-state index in [4.69, 9.17) is 9.72 Å². The molecule has 2 heterocycles. The summed E-state index contributed by atoms with van der Waals surface area (Å²) < 4.78 is 8.06. The Balaban J connectivity index is 1.62. The van der Waals surface area contributed by atoms with Gasteiger partial charge in [0.2, 0.25) is 11.3 Å². The standard InChI is InChI=1S/C26H36N3OS/c1-3-5-7-13-28(14-8-6-4-2)21-9-11-23-25(19-21)31-26-20-22(10-12-24(26)27-23)29-15-17-30-18-16-29/h9-12,19-20H,3-8,13-18H2,1-2H3/q+1. The van der Waals surface area contributed by atoms with Crippen LogP contribution in [0.1, 0.15) is 52.4 Å². The Morgan fingerprint density at radius 1 is 0.871 bits per heavy atom. The summed E-state index contributed by atoms with van der Waals surface area (Å²) in [5.74, 6) is 0. The minimum Gasteiger partial charge on any atom is -0.378 e. The molecule has 1 aliphatic heterocycles. The van der Waals surface area contributed by atoms with Crippen molar-refractivity contribution in [2.75, 3.05) is 49.2 Å². The quantitative estimate of drug-likeness (QED) is 0.199. The van der Waals surface area contributed by atoms with E-state index < -0.39 is 0 Å². The molecule has 3 aromatic rings. The molecule has 0 amide bonds. The second-order valence-electron chi connectivity index (χ2n) is 8.52. The first kappa shape index (κ1) is 22.2. The van der Waals surface area contributed by atoms with Gasteiger partial charge in [0.25, 0.3) is 9.40 Å². The zero-order chi connectivity index (χ0) is 21.5. The average Bonchev–Trinajstić information content (AvgIpc) is 2.82. The van der Waals surface area contributed by atoms with Crippen molar-refractivity contribution < 1.29 is 4.74 Å². The predicted octanol–water partition coefficient (Wildman–Crippen LogP) is 6.75. The smallest absolute Gasteiger partial charge is 0.259 e. The molecule has 166 valence electrons. The first-order valence-electron chi connectivity index (χ1n) is 12.0. The van der Waals surface area contributed by atoms with Crippen molar-refractivity contribution in [1.29, 1.82) is 0 Å². The lowest BCUT2D eigenvalue weighted by Crippen LogP contribution is -2.36.